The Balaban J connectivity index is 0. The summed E-state index contributed by atoms with van der Waals surface area (Å²) in [6.07, 6.45) is 3.82. The van der Waals surface area contributed by atoms with Crippen LogP contribution in [0.2, 0.25) is 0 Å². The summed E-state index contributed by atoms with van der Waals surface area (Å²) in [5.74, 6) is -1.35. The van der Waals surface area contributed by atoms with Gasteiger partial charge in [-0.05, 0) is 26.2 Å². The Labute approximate surface area is 102 Å². The molecular weight excluding hydrogens is 224 g/mol. The maximum Gasteiger partial charge on any atom is 0.303 e. The number of carbonyl (C=O) groups is 3. The SMILES string of the molecule is CCCC(C)=O.O=C(O)CCCCCC(=O)O. The van der Waals surface area contributed by atoms with Gasteiger partial charge in [-0.2, -0.15) is 0 Å². The molecule has 0 heterocycles. The standard InChI is InChI=1S/C7H12O4.C5H10O/c8-6(9)4-2-1-3-5-7(10)11;1-3-4-5(2)6/h1-5H2,(H,8,9)(H,10,11);3-4H2,1-2H3. The highest BCUT2D eigenvalue weighted by atomic mass is 16.4. The average molecular weight is 246 g/mol. The van der Waals surface area contributed by atoms with Crippen molar-refractivity contribution in [2.24, 2.45) is 0 Å². The van der Waals surface area contributed by atoms with Crippen molar-refractivity contribution in [3.8, 4) is 0 Å². The molecule has 5 nitrogen and oxygen atoms in total. The van der Waals surface area contributed by atoms with E-state index in [1.54, 1.807) is 6.92 Å². The molecular formula is C12H22O5. The molecule has 0 aliphatic rings. The molecule has 0 aromatic heterocycles. The maximum atomic E-state index is 10.0. The molecule has 0 fully saturated rings. The van der Waals surface area contributed by atoms with Crippen LogP contribution in [-0.2, 0) is 14.4 Å². The Morgan fingerprint density at radius 1 is 0.824 bits per heavy atom. The molecule has 0 saturated carbocycles. The summed E-state index contributed by atoms with van der Waals surface area (Å²) in [6, 6.07) is 0. The van der Waals surface area contributed by atoms with Crippen molar-refractivity contribution in [1.29, 1.82) is 0 Å². The van der Waals surface area contributed by atoms with Gasteiger partial charge >= 0.3 is 11.9 Å². The predicted molar refractivity (Wildman–Crippen MR) is 63.9 cm³/mol. The van der Waals surface area contributed by atoms with E-state index in [1.165, 1.54) is 0 Å². The topological polar surface area (TPSA) is 91.7 Å². The van der Waals surface area contributed by atoms with E-state index in [9.17, 15) is 14.4 Å². The lowest BCUT2D eigenvalue weighted by atomic mass is 10.1. The molecule has 0 amide bonds. The smallest absolute Gasteiger partial charge is 0.303 e. The molecule has 5 heteroatoms. The van der Waals surface area contributed by atoms with Crippen molar-refractivity contribution in [3.63, 3.8) is 0 Å². The number of aliphatic carboxylic acids is 2. The second-order valence-corrected chi connectivity index (χ2v) is 3.80. The first-order chi connectivity index (χ1) is 7.90. The van der Waals surface area contributed by atoms with Crippen LogP contribution in [-0.4, -0.2) is 27.9 Å². The maximum absolute atomic E-state index is 10.0. The summed E-state index contributed by atoms with van der Waals surface area (Å²) in [5.41, 5.74) is 0. The van der Waals surface area contributed by atoms with Gasteiger partial charge in [0.25, 0.3) is 0 Å². The molecule has 0 radical (unpaired) electrons. The molecule has 0 aromatic carbocycles. The second kappa shape index (κ2) is 12.7. The van der Waals surface area contributed by atoms with Crippen LogP contribution in [0, 0.1) is 0 Å². The third-order valence-electron chi connectivity index (χ3n) is 1.88. The van der Waals surface area contributed by atoms with Gasteiger partial charge in [0.15, 0.2) is 0 Å². The van der Waals surface area contributed by atoms with Gasteiger partial charge in [0, 0.05) is 19.3 Å². The number of hydrogen-bond donors (Lipinski definition) is 2. The summed E-state index contributed by atoms with van der Waals surface area (Å²) < 4.78 is 0. The zero-order valence-electron chi connectivity index (χ0n) is 10.6. The van der Waals surface area contributed by atoms with E-state index < -0.39 is 11.9 Å². The number of carbonyl (C=O) groups excluding carboxylic acids is 1. The zero-order valence-corrected chi connectivity index (χ0v) is 10.6. The molecule has 0 saturated heterocycles. The lowest BCUT2D eigenvalue weighted by Gasteiger charge is -1.94. The Morgan fingerprint density at radius 2 is 1.24 bits per heavy atom. The average Bonchev–Trinajstić information content (AvgIpc) is 2.16. The molecule has 100 valence electrons. The van der Waals surface area contributed by atoms with Gasteiger partial charge in [-0.3, -0.25) is 9.59 Å². The first-order valence-electron chi connectivity index (χ1n) is 5.83. The molecule has 0 unspecified atom stereocenters. The first kappa shape index (κ1) is 18.0. The normalized spacial score (nSPS) is 9.06. The molecule has 0 aromatic rings. The predicted octanol–water partition coefficient (Wildman–Crippen LogP) is 2.48. The van der Waals surface area contributed by atoms with Crippen molar-refractivity contribution in [3.05, 3.63) is 0 Å². The van der Waals surface area contributed by atoms with Crippen LogP contribution in [0.4, 0.5) is 0 Å². The van der Waals surface area contributed by atoms with Crippen LogP contribution >= 0.6 is 0 Å². The molecule has 17 heavy (non-hydrogen) atoms. The van der Waals surface area contributed by atoms with E-state index in [4.69, 9.17) is 10.2 Å². The first-order valence-corrected chi connectivity index (χ1v) is 5.83. The fourth-order valence-electron chi connectivity index (χ4n) is 1.08. The Bertz CT molecular complexity index is 219. The second-order valence-electron chi connectivity index (χ2n) is 3.80. The van der Waals surface area contributed by atoms with E-state index in [0.29, 0.717) is 19.3 Å². The monoisotopic (exact) mass is 246 g/mol. The molecule has 0 bridgehead atoms. The van der Waals surface area contributed by atoms with Crippen molar-refractivity contribution in [1.82, 2.24) is 0 Å². The van der Waals surface area contributed by atoms with E-state index in [-0.39, 0.29) is 18.6 Å². The minimum absolute atomic E-state index is 0.139. The highest BCUT2D eigenvalue weighted by Gasteiger charge is 1.98. The van der Waals surface area contributed by atoms with Crippen molar-refractivity contribution in [2.75, 3.05) is 0 Å². The third kappa shape index (κ3) is 25.2. The van der Waals surface area contributed by atoms with Gasteiger partial charge in [0.2, 0.25) is 0 Å². The van der Waals surface area contributed by atoms with Gasteiger partial charge < -0.3 is 15.0 Å². The number of ketones is 1. The summed E-state index contributed by atoms with van der Waals surface area (Å²) in [7, 11) is 0. The minimum atomic E-state index is -0.819. The Morgan fingerprint density at radius 3 is 1.41 bits per heavy atom. The molecule has 2 N–H and O–H groups in total. The molecule has 0 spiro atoms. The summed E-state index contributed by atoms with van der Waals surface area (Å²) >= 11 is 0. The van der Waals surface area contributed by atoms with Crippen LogP contribution in [0.5, 0.6) is 0 Å². The van der Waals surface area contributed by atoms with Gasteiger partial charge in [-0.15, -0.1) is 0 Å². The number of carboxylic acids is 2. The van der Waals surface area contributed by atoms with Crippen molar-refractivity contribution in [2.45, 2.75) is 58.8 Å². The van der Waals surface area contributed by atoms with Crippen molar-refractivity contribution >= 4 is 17.7 Å². The number of Topliss-reactive ketones (excluding diaryl/α,β-unsaturated/α-hetero) is 1. The Hall–Kier alpha value is -1.39. The number of unbranched alkanes of at least 4 members (excludes halogenated alkanes) is 2. The van der Waals surface area contributed by atoms with Crippen LogP contribution in [0.25, 0.3) is 0 Å². The van der Waals surface area contributed by atoms with Crippen LogP contribution in [0.3, 0.4) is 0 Å². The van der Waals surface area contributed by atoms with Gasteiger partial charge in [-0.25, -0.2) is 0 Å². The van der Waals surface area contributed by atoms with Crippen molar-refractivity contribution < 1.29 is 24.6 Å². The third-order valence-corrected chi connectivity index (χ3v) is 1.88. The molecule has 0 atom stereocenters. The van der Waals surface area contributed by atoms with E-state index >= 15 is 0 Å². The number of rotatable bonds is 8. The summed E-state index contributed by atoms with van der Waals surface area (Å²) in [6.45, 7) is 3.62. The highest BCUT2D eigenvalue weighted by Crippen LogP contribution is 2.02. The fourth-order valence-corrected chi connectivity index (χ4v) is 1.08. The minimum Gasteiger partial charge on any atom is -0.481 e. The zero-order chi connectivity index (χ0) is 13.7. The van der Waals surface area contributed by atoms with E-state index in [1.807, 2.05) is 6.92 Å². The van der Waals surface area contributed by atoms with Gasteiger partial charge in [0.1, 0.15) is 5.78 Å². The largest absolute Gasteiger partial charge is 0.481 e. The van der Waals surface area contributed by atoms with E-state index in [0.717, 1.165) is 12.8 Å². The molecule has 0 rings (SSSR count). The lowest BCUT2D eigenvalue weighted by molar-refractivity contribution is -0.137. The molecule has 0 aliphatic carbocycles. The summed E-state index contributed by atoms with van der Waals surface area (Å²) in [4.78, 5) is 30.0. The highest BCUT2D eigenvalue weighted by molar-refractivity contribution is 5.75. The lowest BCUT2D eigenvalue weighted by Crippen LogP contribution is -1.96. The number of carboxylic acid groups (broad SMARTS) is 2. The Kier molecular flexibility index (Phi) is 13.4. The number of hydrogen-bond acceptors (Lipinski definition) is 3. The van der Waals surface area contributed by atoms with Crippen LogP contribution in [0.1, 0.15) is 58.8 Å². The fraction of sp³-hybridized carbons (Fsp3) is 0.750. The van der Waals surface area contributed by atoms with Gasteiger partial charge in [0.05, 0.1) is 0 Å². The van der Waals surface area contributed by atoms with E-state index in [2.05, 4.69) is 0 Å². The van der Waals surface area contributed by atoms with Crippen LogP contribution < -0.4 is 0 Å². The summed E-state index contributed by atoms with van der Waals surface area (Å²) in [5, 5.41) is 16.4. The molecule has 0 aliphatic heterocycles. The van der Waals surface area contributed by atoms with Crippen LogP contribution in [0.15, 0.2) is 0 Å². The quantitative estimate of drug-likeness (QED) is 0.642. The van der Waals surface area contributed by atoms with Gasteiger partial charge in [-0.1, -0.05) is 13.3 Å².